The summed E-state index contributed by atoms with van der Waals surface area (Å²) in [6, 6.07) is 105. The first-order valence-corrected chi connectivity index (χ1v) is 27.3. The zero-order valence-electron chi connectivity index (χ0n) is 42.9. The van der Waals surface area contributed by atoms with Crippen LogP contribution >= 0.6 is 0 Å². The van der Waals surface area contributed by atoms with Gasteiger partial charge in [0.05, 0.1) is 27.9 Å². The molecule has 0 N–H and O–H groups in total. The average molecular weight is 1010 g/mol. The number of nitrogens with zero attached hydrogens (tertiary/aromatic N) is 1. The van der Waals surface area contributed by atoms with Gasteiger partial charge >= 0.3 is 0 Å². The Balaban J connectivity index is 1.02. The number of rotatable bonds is 5. The lowest BCUT2D eigenvalue weighted by Crippen LogP contribution is -2.32. The maximum absolute atomic E-state index is 6.96. The third-order valence-electron chi connectivity index (χ3n) is 17.6. The van der Waals surface area contributed by atoms with Crippen molar-refractivity contribution in [3.8, 4) is 67.5 Å². The molecule has 0 saturated carbocycles. The highest BCUT2D eigenvalue weighted by Gasteiger charge is 2.54. The molecule has 79 heavy (non-hydrogen) atoms. The Morgan fingerprint density at radius 2 is 0.696 bits per heavy atom. The minimum Gasteiger partial charge on any atom is -0.457 e. The molecule has 2 heterocycles. The van der Waals surface area contributed by atoms with E-state index in [1.54, 1.807) is 0 Å². The smallest absolute Gasteiger partial charge is 0.132 e. The molecule has 13 aromatic carbocycles. The summed E-state index contributed by atoms with van der Waals surface area (Å²) in [6.07, 6.45) is 0. The molecule has 0 aromatic heterocycles. The lowest BCUT2D eigenvalue weighted by atomic mass is 9.65. The number of para-hydroxylation sites is 5. The van der Waals surface area contributed by atoms with Crippen molar-refractivity contribution in [3.63, 3.8) is 0 Å². The van der Waals surface area contributed by atoms with Gasteiger partial charge in [-0.05, 0) is 126 Å². The Kier molecular flexibility index (Phi) is 9.26. The molecule has 0 saturated heterocycles. The van der Waals surface area contributed by atoms with Crippen LogP contribution in [0.25, 0.3) is 66.1 Å². The van der Waals surface area contributed by atoms with Gasteiger partial charge in [-0.3, -0.25) is 0 Å². The molecule has 2 aliphatic heterocycles. The number of anilines is 3. The fourth-order valence-electron chi connectivity index (χ4n) is 14.4. The molecule has 13 aromatic rings. The number of ether oxygens (including phenoxy) is 2. The summed E-state index contributed by atoms with van der Waals surface area (Å²) in [5, 5.41) is 4.76. The fourth-order valence-corrected chi connectivity index (χ4v) is 14.4. The SMILES string of the molecule is c1ccc(-c2ccc(-c3ccccc3N(c3cccc4c3-c3ccccc3C43c4ccccc4Oc4ccccc43)c3cc4c(c5ccccc35)-c3cc5ccccc5cc3C43c4ccccc4Oc4ccccc43)cc2)cc1. The van der Waals surface area contributed by atoms with Crippen molar-refractivity contribution in [3.05, 3.63) is 330 Å². The second-order valence-electron chi connectivity index (χ2n) is 21.3. The number of benzene rings is 13. The molecular formula is C76H47NO2. The van der Waals surface area contributed by atoms with Crippen LogP contribution in [0.5, 0.6) is 23.0 Å². The van der Waals surface area contributed by atoms with E-state index in [2.05, 4.69) is 290 Å². The Labute approximate surface area is 458 Å². The van der Waals surface area contributed by atoms with Crippen LogP contribution in [0.3, 0.4) is 0 Å². The first-order chi connectivity index (χ1) is 39.2. The summed E-state index contributed by atoms with van der Waals surface area (Å²) in [5.74, 6) is 3.47. The van der Waals surface area contributed by atoms with Gasteiger partial charge in [-0.25, -0.2) is 0 Å². The molecule has 0 fully saturated rings. The van der Waals surface area contributed by atoms with E-state index in [1.807, 2.05) is 0 Å². The molecule has 2 spiro atoms. The van der Waals surface area contributed by atoms with Gasteiger partial charge in [0, 0.05) is 38.8 Å². The van der Waals surface area contributed by atoms with Crippen molar-refractivity contribution < 1.29 is 9.47 Å². The maximum atomic E-state index is 6.96. The quantitative estimate of drug-likeness (QED) is 0.171. The molecule has 0 bridgehead atoms. The predicted molar refractivity (Wildman–Crippen MR) is 322 cm³/mol. The lowest BCUT2D eigenvalue weighted by Gasteiger charge is -2.40. The van der Waals surface area contributed by atoms with Crippen LogP contribution in [-0.4, -0.2) is 0 Å². The van der Waals surface area contributed by atoms with E-state index in [0.717, 1.165) is 78.8 Å². The topological polar surface area (TPSA) is 21.7 Å². The van der Waals surface area contributed by atoms with Crippen molar-refractivity contribution in [1.82, 2.24) is 0 Å². The largest absolute Gasteiger partial charge is 0.457 e. The fraction of sp³-hybridized carbons (Fsp3) is 0.0263. The van der Waals surface area contributed by atoms with Gasteiger partial charge in [0.1, 0.15) is 23.0 Å². The summed E-state index contributed by atoms with van der Waals surface area (Å²) in [6.45, 7) is 0. The summed E-state index contributed by atoms with van der Waals surface area (Å²) in [7, 11) is 0. The van der Waals surface area contributed by atoms with Crippen molar-refractivity contribution in [1.29, 1.82) is 0 Å². The summed E-state index contributed by atoms with van der Waals surface area (Å²) < 4.78 is 13.8. The molecular weight excluding hydrogens is 959 g/mol. The minimum absolute atomic E-state index is 0.672. The molecule has 2 aliphatic carbocycles. The molecule has 3 heteroatoms. The van der Waals surface area contributed by atoms with Crippen molar-refractivity contribution in [2.75, 3.05) is 4.90 Å². The van der Waals surface area contributed by atoms with E-state index < -0.39 is 10.8 Å². The molecule has 4 aliphatic rings. The Hall–Kier alpha value is -10.2. The number of hydrogen-bond acceptors (Lipinski definition) is 3. The van der Waals surface area contributed by atoms with Crippen LogP contribution in [0.1, 0.15) is 44.5 Å². The van der Waals surface area contributed by atoms with E-state index in [-0.39, 0.29) is 0 Å². The molecule has 368 valence electrons. The Morgan fingerprint density at radius 1 is 0.241 bits per heavy atom. The van der Waals surface area contributed by atoms with E-state index in [9.17, 15) is 0 Å². The van der Waals surface area contributed by atoms with E-state index in [1.165, 1.54) is 71.8 Å². The van der Waals surface area contributed by atoms with Gasteiger partial charge in [0.15, 0.2) is 0 Å². The van der Waals surface area contributed by atoms with Gasteiger partial charge in [-0.2, -0.15) is 0 Å². The minimum atomic E-state index is -0.748. The third kappa shape index (κ3) is 5.96. The standard InChI is InChI=1S/C76H47NO2/c1-2-21-48(22-3-1)49-41-43-50(44-42-49)53-25-9-15-35-66(53)77(67-36-20-34-63-74(67)56-28-8-10-29-58(56)75(63)59-30-11-16-37-69(59)78-70-38-17-12-31-60(70)75)68-47-65-73(55-27-7-6-26-54(55)68)57-45-51-23-4-5-24-52(51)46-64(57)76(65)61-32-13-18-39-71(61)79-72-40-19-14-33-62(72)76/h1-47H. The highest BCUT2D eigenvalue weighted by molar-refractivity contribution is 6.14. The molecule has 17 rings (SSSR count). The Bertz CT molecular complexity index is 4600. The summed E-state index contributed by atoms with van der Waals surface area (Å²) >= 11 is 0. The van der Waals surface area contributed by atoms with Gasteiger partial charge in [0.2, 0.25) is 0 Å². The van der Waals surface area contributed by atoms with Crippen LogP contribution in [0.2, 0.25) is 0 Å². The first kappa shape index (κ1) is 44.0. The van der Waals surface area contributed by atoms with Crippen molar-refractivity contribution in [2.45, 2.75) is 10.8 Å². The van der Waals surface area contributed by atoms with Gasteiger partial charge in [-0.1, -0.05) is 231 Å². The average Bonchev–Trinajstić information content (AvgIpc) is 2.81. The van der Waals surface area contributed by atoms with E-state index in [0.29, 0.717) is 0 Å². The normalized spacial score (nSPS) is 14.0. The monoisotopic (exact) mass is 1010 g/mol. The summed E-state index contributed by atoms with van der Waals surface area (Å²) in [4.78, 5) is 2.61. The highest BCUT2D eigenvalue weighted by Crippen LogP contribution is 2.67. The molecule has 3 nitrogen and oxygen atoms in total. The van der Waals surface area contributed by atoms with Crippen LogP contribution in [0.15, 0.2) is 285 Å². The third-order valence-corrected chi connectivity index (χ3v) is 17.6. The van der Waals surface area contributed by atoms with Crippen LogP contribution < -0.4 is 14.4 Å². The lowest BCUT2D eigenvalue weighted by molar-refractivity contribution is 0.436. The first-order valence-electron chi connectivity index (χ1n) is 27.3. The van der Waals surface area contributed by atoms with Crippen molar-refractivity contribution >= 4 is 38.6 Å². The molecule has 0 amide bonds. The summed E-state index contributed by atoms with van der Waals surface area (Å²) in [5.41, 5.74) is 20.8. The second-order valence-corrected chi connectivity index (χ2v) is 21.3. The van der Waals surface area contributed by atoms with Gasteiger partial charge < -0.3 is 14.4 Å². The Morgan fingerprint density at radius 3 is 1.34 bits per heavy atom. The van der Waals surface area contributed by atoms with Crippen LogP contribution in [0, 0.1) is 0 Å². The molecule has 0 atom stereocenters. The van der Waals surface area contributed by atoms with E-state index >= 15 is 0 Å². The molecule has 0 unspecified atom stereocenters. The zero-order valence-corrected chi connectivity index (χ0v) is 42.9. The number of hydrogen-bond donors (Lipinski definition) is 0. The van der Waals surface area contributed by atoms with E-state index in [4.69, 9.17) is 9.47 Å². The zero-order chi connectivity index (χ0) is 51.8. The van der Waals surface area contributed by atoms with Crippen LogP contribution in [-0.2, 0) is 10.8 Å². The predicted octanol–water partition coefficient (Wildman–Crippen LogP) is 19.7. The van der Waals surface area contributed by atoms with Crippen molar-refractivity contribution in [2.24, 2.45) is 0 Å². The van der Waals surface area contributed by atoms with Gasteiger partial charge in [-0.15, -0.1) is 0 Å². The molecule has 0 radical (unpaired) electrons. The second kappa shape index (κ2) is 16.6. The number of fused-ring (bicyclic) bond motifs is 21. The highest BCUT2D eigenvalue weighted by atomic mass is 16.5. The van der Waals surface area contributed by atoms with Crippen LogP contribution in [0.4, 0.5) is 17.1 Å². The van der Waals surface area contributed by atoms with Gasteiger partial charge in [0.25, 0.3) is 0 Å². The maximum Gasteiger partial charge on any atom is 0.132 e.